The molecule has 1 saturated heterocycles. The van der Waals surface area contributed by atoms with E-state index in [1.807, 2.05) is 12.1 Å². The predicted octanol–water partition coefficient (Wildman–Crippen LogP) is 1.82. The van der Waals surface area contributed by atoms with Gasteiger partial charge < -0.3 is 19.2 Å². The highest BCUT2D eigenvalue weighted by molar-refractivity contribution is 5.91. The Bertz CT molecular complexity index is 1070. The van der Waals surface area contributed by atoms with Gasteiger partial charge in [-0.3, -0.25) is 14.4 Å². The van der Waals surface area contributed by atoms with Gasteiger partial charge in [-0.2, -0.15) is 0 Å². The number of aromatic amines is 1. The molecule has 0 saturated carbocycles. The molecule has 0 spiro atoms. The van der Waals surface area contributed by atoms with E-state index >= 15 is 0 Å². The first-order valence-corrected chi connectivity index (χ1v) is 9.70. The van der Waals surface area contributed by atoms with Gasteiger partial charge in [-0.1, -0.05) is 12.1 Å². The Balaban J connectivity index is 1.26. The van der Waals surface area contributed by atoms with Crippen LogP contribution in [0.15, 0.2) is 51.9 Å². The number of amides is 2. The molecule has 2 aromatic heterocycles. The van der Waals surface area contributed by atoms with E-state index in [9.17, 15) is 14.4 Å². The second kappa shape index (κ2) is 8.30. The molecule has 3 heterocycles. The van der Waals surface area contributed by atoms with Crippen molar-refractivity contribution >= 4 is 22.7 Å². The third kappa shape index (κ3) is 4.21. The lowest BCUT2D eigenvalue weighted by Gasteiger charge is -2.34. The van der Waals surface area contributed by atoms with Crippen LogP contribution in [0.5, 0.6) is 0 Å². The summed E-state index contributed by atoms with van der Waals surface area (Å²) in [5.74, 6) is 0.823. The van der Waals surface area contributed by atoms with Crippen LogP contribution in [0.25, 0.3) is 10.9 Å². The monoisotopic (exact) mass is 394 g/mol. The summed E-state index contributed by atoms with van der Waals surface area (Å²) in [6, 6.07) is 10.5. The number of nitrogens with zero attached hydrogens (tertiary/aromatic N) is 3. The van der Waals surface area contributed by atoms with Crippen LogP contribution in [-0.4, -0.2) is 57.8 Å². The van der Waals surface area contributed by atoms with E-state index in [0.29, 0.717) is 67.9 Å². The van der Waals surface area contributed by atoms with Crippen LogP contribution in [0.4, 0.5) is 0 Å². The lowest BCUT2D eigenvalue weighted by atomic mass is 10.2. The number of aromatic nitrogens is 2. The summed E-state index contributed by atoms with van der Waals surface area (Å²) >= 11 is 0. The first-order chi connectivity index (χ1) is 14.1. The summed E-state index contributed by atoms with van der Waals surface area (Å²) in [4.78, 5) is 47.6. The number of hydrogen-bond donors (Lipinski definition) is 1. The van der Waals surface area contributed by atoms with Gasteiger partial charge in [-0.25, -0.2) is 4.98 Å². The molecular formula is C21H22N4O4. The highest BCUT2D eigenvalue weighted by Gasteiger charge is 2.25. The number of carbonyl (C=O) groups excluding carboxylic acids is 2. The molecule has 0 aliphatic carbocycles. The zero-order valence-electron chi connectivity index (χ0n) is 16.0. The molecule has 2 amide bonds. The van der Waals surface area contributed by atoms with Crippen LogP contribution in [0.2, 0.25) is 0 Å². The van der Waals surface area contributed by atoms with Crippen molar-refractivity contribution in [2.45, 2.75) is 19.3 Å². The lowest BCUT2D eigenvalue weighted by Crippen LogP contribution is -2.50. The van der Waals surface area contributed by atoms with Gasteiger partial charge in [0.2, 0.25) is 5.91 Å². The van der Waals surface area contributed by atoms with Crippen LogP contribution in [0.3, 0.4) is 0 Å². The fraction of sp³-hybridized carbons (Fsp3) is 0.333. The van der Waals surface area contributed by atoms with E-state index in [1.165, 1.54) is 6.26 Å². The van der Waals surface area contributed by atoms with Gasteiger partial charge in [0.05, 0.1) is 17.2 Å². The quantitative estimate of drug-likeness (QED) is 0.712. The number of H-pyrrole nitrogens is 1. The smallest absolute Gasteiger partial charge is 0.289 e. The molecule has 1 fully saturated rings. The first-order valence-electron chi connectivity index (χ1n) is 9.70. The van der Waals surface area contributed by atoms with Gasteiger partial charge >= 0.3 is 0 Å². The van der Waals surface area contributed by atoms with Crippen molar-refractivity contribution in [1.82, 2.24) is 19.8 Å². The van der Waals surface area contributed by atoms with Gasteiger partial charge in [0, 0.05) is 39.0 Å². The molecular weight excluding hydrogens is 372 g/mol. The Kier molecular flexibility index (Phi) is 5.41. The van der Waals surface area contributed by atoms with Crippen LogP contribution < -0.4 is 5.56 Å². The van der Waals surface area contributed by atoms with Crippen LogP contribution >= 0.6 is 0 Å². The van der Waals surface area contributed by atoms with E-state index in [0.717, 1.165) is 0 Å². The van der Waals surface area contributed by atoms with Crippen molar-refractivity contribution in [3.63, 3.8) is 0 Å². The molecule has 1 aliphatic rings. The molecule has 4 rings (SSSR count). The fourth-order valence-corrected chi connectivity index (χ4v) is 3.53. The number of hydrogen-bond acceptors (Lipinski definition) is 5. The Labute approximate surface area is 167 Å². The van der Waals surface area contributed by atoms with Gasteiger partial charge in [-0.15, -0.1) is 0 Å². The third-order valence-corrected chi connectivity index (χ3v) is 5.12. The number of rotatable bonds is 5. The second-order valence-electron chi connectivity index (χ2n) is 7.03. The SMILES string of the molecule is O=C(CCCc1nc2ccccc2c(=O)[nH]1)N1CCN(C(=O)c2ccco2)CC1. The van der Waals surface area contributed by atoms with Crippen LogP contribution in [-0.2, 0) is 11.2 Å². The predicted molar refractivity (Wildman–Crippen MR) is 106 cm³/mol. The van der Waals surface area contributed by atoms with E-state index in [2.05, 4.69) is 9.97 Å². The summed E-state index contributed by atoms with van der Waals surface area (Å²) in [5, 5.41) is 0.564. The number of para-hydroxylation sites is 1. The summed E-state index contributed by atoms with van der Waals surface area (Å²) in [6.07, 6.45) is 2.99. The highest BCUT2D eigenvalue weighted by atomic mass is 16.3. The molecule has 0 atom stereocenters. The first kappa shape index (κ1) is 18.9. The number of benzene rings is 1. The summed E-state index contributed by atoms with van der Waals surface area (Å²) < 4.78 is 5.15. The van der Waals surface area contributed by atoms with E-state index in [4.69, 9.17) is 4.42 Å². The number of piperazine rings is 1. The fourth-order valence-electron chi connectivity index (χ4n) is 3.53. The van der Waals surface area contributed by atoms with E-state index < -0.39 is 0 Å². The summed E-state index contributed by atoms with van der Waals surface area (Å²) in [5.41, 5.74) is 0.504. The Morgan fingerprint density at radius 1 is 1.03 bits per heavy atom. The van der Waals surface area contributed by atoms with Crippen molar-refractivity contribution in [2.75, 3.05) is 26.2 Å². The molecule has 0 unspecified atom stereocenters. The van der Waals surface area contributed by atoms with Crippen molar-refractivity contribution in [2.24, 2.45) is 0 Å². The molecule has 1 aromatic carbocycles. The van der Waals surface area contributed by atoms with Crippen LogP contribution in [0.1, 0.15) is 29.2 Å². The lowest BCUT2D eigenvalue weighted by molar-refractivity contribution is -0.132. The minimum Gasteiger partial charge on any atom is -0.459 e. The molecule has 8 nitrogen and oxygen atoms in total. The number of fused-ring (bicyclic) bond motifs is 1. The van der Waals surface area contributed by atoms with Gasteiger partial charge in [-0.05, 0) is 30.7 Å². The Hall–Kier alpha value is -3.42. The molecule has 29 heavy (non-hydrogen) atoms. The topological polar surface area (TPSA) is 99.5 Å². The standard InChI is InChI=1S/C21H22N4O4/c26-19(24-10-12-25(13-11-24)21(28)17-7-4-14-29-17)9-3-8-18-22-16-6-2-1-5-15(16)20(27)23-18/h1-2,4-7,14H,3,8-13H2,(H,22,23,27). The zero-order chi connectivity index (χ0) is 20.2. The van der Waals surface area contributed by atoms with Crippen LogP contribution in [0, 0.1) is 0 Å². The number of aryl methyl sites for hydroxylation is 1. The van der Waals surface area contributed by atoms with Crippen molar-refractivity contribution in [3.05, 3.63) is 64.6 Å². The molecule has 8 heteroatoms. The summed E-state index contributed by atoms with van der Waals surface area (Å²) in [7, 11) is 0. The highest BCUT2D eigenvalue weighted by Crippen LogP contribution is 2.12. The molecule has 0 radical (unpaired) electrons. The van der Waals surface area contributed by atoms with Crippen molar-refractivity contribution in [3.8, 4) is 0 Å². The second-order valence-corrected chi connectivity index (χ2v) is 7.03. The molecule has 0 bridgehead atoms. The van der Waals surface area contributed by atoms with Gasteiger partial charge in [0.15, 0.2) is 5.76 Å². The summed E-state index contributed by atoms with van der Waals surface area (Å²) in [6.45, 7) is 2.00. The minimum atomic E-state index is -0.158. The molecule has 3 aromatic rings. The molecule has 150 valence electrons. The zero-order valence-corrected chi connectivity index (χ0v) is 16.0. The Morgan fingerprint density at radius 3 is 2.55 bits per heavy atom. The van der Waals surface area contributed by atoms with Crippen molar-refractivity contribution < 1.29 is 14.0 Å². The molecule has 1 N–H and O–H groups in total. The van der Waals surface area contributed by atoms with Crippen molar-refractivity contribution in [1.29, 1.82) is 0 Å². The normalized spacial score (nSPS) is 14.3. The largest absolute Gasteiger partial charge is 0.459 e. The average molecular weight is 394 g/mol. The average Bonchev–Trinajstić information content (AvgIpc) is 3.28. The van der Waals surface area contributed by atoms with Gasteiger partial charge in [0.1, 0.15) is 5.82 Å². The maximum atomic E-state index is 12.5. The third-order valence-electron chi connectivity index (χ3n) is 5.12. The maximum absolute atomic E-state index is 12.5. The number of carbonyl (C=O) groups is 2. The Morgan fingerprint density at radius 2 is 1.79 bits per heavy atom. The van der Waals surface area contributed by atoms with Gasteiger partial charge in [0.25, 0.3) is 11.5 Å². The maximum Gasteiger partial charge on any atom is 0.289 e. The number of furan rings is 1. The minimum absolute atomic E-state index is 0.0539. The number of nitrogens with one attached hydrogen (secondary N) is 1. The van der Waals surface area contributed by atoms with E-state index in [1.54, 1.807) is 34.1 Å². The van der Waals surface area contributed by atoms with E-state index in [-0.39, 0.29) is 17.4 Å². The molecule has 1 aliphatic heterocycles.